The molecule has 2 aromatic carbocycles. The molecule has 0 fully saturated rings. The fraction of sp³-hybridized carbons (Fsp3) is 0.318. The van der Waals surface area contributed by atoms with Gasteiger partial charge in [0.25, 0.3) is 0 Å². The molecule has 7 nitrogen and oxygen atoms in total. The van der Waals surface area contributed by atoms with E-state index in [1.165, 1.54) is 34.5 Å². The fourth-order valence-corrected chi connectivity index (χ4v) is 3.12. The third-order valence-corrected chi connectivity index (χ3v) is 4.43. The fourth-order valence-electron chi connectivity index (χ4n) is 3.12. The molecule has 154 valence electrons. The maximum absolute atomic E-state index is 13.0. The van der Waals surface area contributed by atoms with Crippen LogP contribution in [0.25, 0.3) is 22.3 Å². The Labute approximate surface area is 168 Å². The predicted octanol–water partition coefficient (Wildman–Crippen LogP) is 4.28. The summed E-state index contributed by atoms with van der Waals surface area (Å²) in [6.07, 6.45) is 0.925. The van der Waals surface area contributed by atoms with E-state index in [0.29, 0.717) is 12.4 Å². The molecule has 0 saturated carbocycles. The minimum atomic E-state index is -0.288. The van der Waals surface area contributed by atoms with Crippen LogP contribution in [0.15, 0.2) is 39.5 Å². The molecule has 0 bridgehead atoms. The Morgan fingerprint density at radius 2 is 1.41 bits per heavy atom. The molecule has 0 saturated heterocycles. The summed E-state index contributed by atoms with van der Waals surface area (Å²) < 4.78 is 33.4. The van der Waals surface area contributed by atoms with Crippen molar-refractivity contribution in [2.45, 2.75) is 13.3 Å². The van der Waals surface area contributed by atoms with Crippen molar-refractivity contribution in [2.24, 2.45) is 0 Å². The van der Waals surface area contributed by atoms with E-state index < -0.39 is 0 Å². The van der Waals surface area contributed by atoms with Crippen molar-refractivity contribution in [3.8, 4) is 40.1 Å². The number of fused-ring (bicyclic) bond motifs is 1. The Hall–Kier alpha value is -3.35. The Morgan fingerprint density at radius 3 is 1.97 bits per heavy atom. The van der Waals surface area contributed by atoms with Gasteiger partial charge in [-0.3, -0.25) is 4.79 Å². The standard InChI is InChI=1S/C22H24O7/c1-6-11-28-14-9-7-13(8-10-14)16-12-15(23)17-18(24-2)20(25-3)22(27-5)21(26-4)19(17)29-16/h7-10,12H,6,11H2,1-5H3. The third-order valence-electron chi connectivity index (χ3n) is 4.43. The maximum atomic E-state index is 13.0. The second-order valence-electron chi connectivity index (χ2n) is 6.18. The van der Waals surface area contributed by atoms with Crippen molar-refractivity contribution < 1.29 is 28.1 Å². The van der Waals surface area contributed by atoms with Crippen LogP contribution in [0.2, 0.25) is 0 Å². The van der Waals surface area contributed by atoms with Gasteiger partial charge >= 0.3 is 0 Å². The lowest BCUT2D eigenvalue weighted by Crippen LogP contribution is -2.07. The van der Waals surface area contributed by atoms with Crippen molar-refractivity contribution in [1.29, 1.82) is 0 Å². The highest BCUT2D eigenvalue weighted by atomic mass is 16.5. The summed E-state index contributed by atoms with van der Waals surface area (Å²) >= 11 is 0. The van der Waals surface area contributed by atoms with Crippen molar-refractivity contribution in [1.82, 2.24) is 0 Å². The molecule has 3 rings (SSSR count). The number of hydrogen-bond acceptors (Lipinski definition) is 7. The number of methoxy groups -OCH3 is 4. The highest BCUT2D eigenvalue weighted by Gasteiger charge is 2.27. The van der Waals surface area contributed by atoms with E-state index in [2.05, 4.69) is 0 Å². The first-order valence-electron chi connectivity index (χ1n) is 9.16. The first kappa shape index (κ1) is 20.4. The molecule has 7 heteroatoms. The Kier molecular flexibility index (Phi) is 6.16. The number of benzene rings is 2. The van der Waals surface area contributed by atoms with E-state index in [1.54, 1.807) is 0 Å². The van der Waals surface area contributed by atoms with Gasteiger partial charge in [-0.15, -0.1) is 0 Å². The van der Waals surface area contributed by atoms with Crippen molar-refractivity contribution in [2.75, 3.05) is 35.0 Å². The largest absolute Gasteiger partial charge is 0.494 e. The third kappa shape index (κ3) is 3.68. The molecule has 29 heavy (non-hydrogen) atoms. The summed E-state index contributed by atoms with van der Waals surface area (Å²) in [5, 5.41) is 0.216. The van der Waals surface area contributed by atoms with Crippen molar-refractivity contribution >= 4 is 11.0 Å². The zero-order valence-electron chi connectivity index (χ0n) is 17.2. The lowest BCUT2D eigenvalue weighted by Gasteiger charge is -2.17. The molecule has 0 N–H and O–H groups in total. The molecule has 0 amide bonds. The van der Waals surface area contributed by atoms with Gasteiger partial charge in [0.05, 0.1) is 35.0 Å². The molecule has 0 unspecified atom stereocenters. The van der Waals surface area contributed by atoms with E-state index in [-0.39, 0.29) is 39.4 Å². The molecule has 1 heterocycles. The lowest BCUT2D eigenvalue weighted by molar-refractivity contribution is 0.307. The summed E-state index contributed by atoms with van der Waals surface area (Å²) in [7, 11) is 5.85. The molecule has 3 aromatic rings. The van der Waals surface area contributed by atoms with E-state index in [4.69, 9.17) is 28.1 Å². The molecule has 0 aliphatic heterocycles. The monoisotopic (exact) mass is 400 g/mol. The van der Waals surface area contributed by atoms with Gasteiger partial charge in [-0.05, 0) is 30.7 Å². The summed E-state index contributed by atoms with van der Waals surface area (Å²) in [6.45, 7) is 2.69. The molecule has 1 aromatic heterocycles. The Morgan fingerprint density at radius 1 is 0.828 bits per heavy atom. The zero-order chi connectivity index (χ0) is 21.0. The van der Waals surface area contributed by atoms with Crippen LogP contribution >= 0.6 is 0 Å². The summed E-state index contributed by atoms with van der Waals surface area (Å²) in [5.74, 6) is 2.16. The van der Waals surface area contributed by atoms with Gasteiger partial charge in [-0.1, -0.05) is 6.92 Å². The smallest absolute Gasteiger partial charge is 0.211 e. The van der Waals surface area contributed by atoms with E-state index in [0.717, 1.165) is 17.7 Å². The van der Waals surface area contributed by atoms with Crippen LogP contribution in [0.4, 0.5) is 0 Å². The van der Waals surface area contributed by atoms with Crippen molar-refractivity contribution in [3.63, 3.8) is 0 Å². The van der Waals surface area contributed by atoms with E-state index >= 15 is 0 Å². The lowest BCUT2D eigenvalue weighted by atomic mass is 10.1. The quantitative estimate of drug-likeness (QED) is 0.558. The molecule has 0 aliphatic carbocycles. The highest BCUT2D eigenvalue weighted by Crippen LogP contribution is 2.50. The van der Waals surface area contributed by atoms with Gasteiger partial charge in [0, 0.05) is 11.6 Å². The molecule has 0 spiro atoms. The molecule has 0 radical (unpaired) electrons. The Balaban J connectivity index is 2.24. The average molecular weight is 400 g/mol. The first-order valence-corrected chi connectivity index (χ1v) is 9.16. The zero-order valence-corrected chi connectivity index (χ0v) is 17.2. The van der Waals surface area contributed by atoms with Crippen LogP contribution in [-0.4, -0.2) is 35.0 Å². The predicted molar refractivity (Wildman–Crippen MR) is 110 cm³/mol. The molecular formula is C22H24O7. The number of ether oxygens (including phenoxy) is 5. The molecule has 0 atom stereocenters. The van der Waals surface area contributed by atoms with Gasteiger partial charge < -0.3 is 28.1 Å². The highest BCUT2D eigenvalue weighted by molar-refractivity contribution is 5.95. The Bertz CT molecular complexity index is 1050. The van der Waals surface area contributed by atoms with Crippen LogP contribution in [0.1, 0.15) is 13.3 Å². The normalized spacial score (nSPS) is 10.7. The van der Waals surface area contributed by atoms with Crippen LogP contribution in [0.5, 0.6) is 28.7 Å². The number of rotatable bonds is 8. The first-order chi connectivity index (χ1) is 14.1. The minimum absolute atomic E-state index is 0.216. The second kappa shape index (κ2) is 8.77. The van der Waals surface area contributed by atoms with Gasteiger partial charge in [0.1, 0.15) is 16.9 Å². The van der Waals surface area contributed by atoms with E-state index in [1.807, 2.05) is 31.2 Å². The average Bonchev–Trinajstić information content (AvgIpc) is 2.75. The van der Waals surface area contributed by atoms with Crippen LogP contribution in [0, 0.1) is 0 Å². The van der Waals surface area contributed by atoms with Gasteiger partial charge in [-0.2, -0.15) is 0 Å². The van der Waals surface area contributed by atoms with E-state index in [9.17, 15) is 4.79 Å². The summed E-state index contributed by atoms with van der Waals surface area (Å²) in [4.78, 5) is 13.0. The summed E-state index contributed by atoms with van der Waals surface area (Å²) in [5.41, 5.74) is 0.656. The minimum Gasteiger partial charge on any atom is -0.494 e. The summed E-state index contributed by atoms with van der Waals surface area (Å²) in [6, 6.07) is 8.75. The molecular weight excluding hydrogens is 376 g/mol. The van der Waals surface area contributed by atoms with Gasteiger partial charge in [-0.25, -0.2) is 0 Å². The SMILES string of the molecule is CCCOc1ccc(-c2cc(=O)c3c(OC)c(OC)c(OC)c(OC)c3o2)cc1. The van der Waals surface area contributed by atoms with Crippen LogP contribution in [-0.2, 0) is 0 Å². The van der Waals surface area contributed by atoms with Gasteiger partial charge in [0.15, 0.2) is 16.8 Å². The van der Waals surface area contributed by atoms with Crippen molar-refractivity contribution in [3.05, 3.63) is 40.6 Å². The number of hydrogen-bond donors (Lipinski definition) is 0. The maximum Gasteiger partial charge on any atom is 0.211 e. The van der Waals surface area contributed by atoms with Crippen LogP contribution in [0.3, 0.4) is 0 Å². The molecule has 0 aliphatic rings. The topological polar surface area (TPSA) is 76.4 Å². The second-order valence-corrected chi connectivity index (χ2v) is 6.18. The van der Waals surface area contributed by atoms with Gasteiger partial charge in [0.2, 0.25) is 17.2 Å². The van der Waals surface area contributed by atoms with Crippen LogP contribution < -0.4 is 29.1 Å².